The summed E-state index contributed by atoms with van der Waals surface area (Å²) in [4.78, 5) is 15.8. The SMILES string of the molecule is CCN(CCO)c1cc([N+](=O)[O-])cc(N)n1. The van der Waals surface area contributed by atoms with Crippen LogP contribution in [-0.4, -0.2) is 34.7 Å². The third kappa shape index (κ3) is 2.80. The number of nitrogens with two attached hydrogens (primary N) is 1. The van der Waals surface area contributed by atoms with E-state index >= 15 is 0 Å². The molecule has 88 valence electrons. The minimum Gasteiger partial charge on any atom is -0.395 e. The first-order valence-electron chi connectivity index (χ1n) is 4.86. The van der Waals surface area contributed by atoms with Crippen molar-refractivity contribution in [3.8, 4) is 0 Å². The zero-order valence-electron chi connectivity index (χ0n) is 8.96. The standard InChI is InChI=1S/C9H14N4O3/c1-2-12(3-4-14)9-6-7(13(15)16)5-8(10)11-9/h5-6,14H,2-4H2,1H3,(H2,10,11). The summed E-state index contributed by atoms with van der Waals surface area (Å²) in [7, 11) is 0. The van der Waals surface area contributed by atoms with Crippen LogP contribution < -0.4 is 10.6 Å². The maximum Gasteiger partial charge on any atom is 0.276 e. The van der Waals surface area contributed by atoms with Crippen LogP contribution >= 0.6 is 0 Å². The molecular weight excluding hydrogens is 212 g/mol. The van der Waals surface area contributed by atoms with E-state index in [1.807, 2.05) is 6.92 Å². The summed E-state index contributed by atoms with van der Waals surface area (Å²) in [5, 5.41) is 19.5. The lowest BCUT2D eigenvalue weighted by Crippen LogP contribution is -2.27. The summed E-state index contributed by atoms with van der Waals surface area (Å²) in [5.41, 5.74) is 5.38. The molecule has 0 bridgehead atoms. The van der Waals surface area contributed by atoms with E-state index in [4.69, 9.17) is 10.8 Å². The number of rotatable bonds is 5. The van der Waals surface area contributed by atoms with Gasteiger partial charge in [0.2, 0.25) is 0 Å². The molecule has 7 heteroatoms. The van der Waals surface area contributed by atoms with E-state index in [-0.39, 0.29) is 18.1 Å². The van der Waals surface area contributed by atoms with Gasteiger partial charge in [-0.05, 0) is 6.92 Å². The van der Waals surface area contributed by atoms with Crippen molar-refractivity contribution in [3.63, 3.8) is 0 Å². The van der Waals surface area contributed by atoms with Crippen molar-refractivity contribution in [1.82, 2.24) is 4.98 Å². The Morgan fingerprint density at radius 3 is 2.81 bits per heavy atom. The van der Waals surface area contributed by atoms with Gasteiger partial charge in [0.1, 0.15) is 11.6 Å². The third-order valence-electron chi connectivity index (χ3n) is 2.10. The molecule has 16 heavy (non-hydrogen) atoms. The number of aliphatic hydroxyl groups is 1. The molecule has 1 heterocycles. The van der Waals surface area contributed by atoms with Gasteiger partial charge in [-0.25, -0.2) is 4.98 Å². The molecule has 1 rings (SSSR count). The number of likely N-dealkylation sites (N-methyl/N-ethyl adjacent to an activating group) is 1. The van der Waals surface area contributed by atoms with E-state index in [1.54, 1.807) is 4.90 Å². The van der Waals surface area contributed by atoms with Gasteiger partial charge < -0.3 is 15.7 Å². The maximum absolute atomic E-state index is 10.6. The van der Waals surface area contributed by atoms with Crippen molar-refractivity contribution in [2.24, 2.45) is 0 Å². The smallest absolute Gasteiger partial charge is 0.276 e. The van der Waals surface area contributed by atoms with Gasteiger partial charge in [-0.2, -0.15) is 0 Å². The molecule has 1 aromatic rings. The van der Waals surface area contributed by atoms with E-state index in [0.717, 1.165) is 0 Å². The van der Waals surface area contributed by atoms with E-state index in [9.17, 15) is 10.1 Å². The molecule has 0 radical (unpaired) electrons. The zero-order chi connectivity index (χ0) is 12.1. The van der Waals surface area contributed by atoms with Crippen molar-refractivity contribution in [1.29, 1.82) is 0 Å². The molecule has 0 aliphatic carbocycles. The predicted octanol–water partition coefficient (Wildman–Crippen LogP) is 0.391. The van der Waals surface area contributed by atoms with Gasteiger partial charge in [-0.3, -0.25) is 10.1 Å². The monoisotopic (exact) mass is 226 g/mol. The molecule has 0 saturated heterocycles. The average Bonchev–Trinajstić information content (AvgIpc) is 2.24. The molecule has 0 atom stereocenters. The molecule has 0 amide bonds. The fraction of sp³-hybridized carbons (Fsp3) is 0.444. The van der Waals surface area contributed by atoms with Crippen LogP contribution in [0.4, 0.5) is 17.3 Å². The molecule has 0 spiro atoms. The summed E-state index contributed by atoms with van der Waals surface area (Å²) >= 11 is 0. The van der Waals surface area contributed by atoms with Crippen LogP contribution in [0.25, 0.3) is 0 Å². The van der Waals surface area contributed by atoms with Crippen molar-refractivity contribution in [2.75, 3.05) is 30.3 Å². The highest BCUT2D eigenvalue weighted by molar-refractivity contribution is 5.54. The fourth-order valence-electron chi connectivity index (χ4n) is 1.35. The molecule has 3 N–H and O–H groups in total. The number of aliphatic hydroxyl groups excluding tert-OH is 1. The van der Waals surface area contributed by atoms with Crippen LogP contribution in [0.3, 0.4) is 0 Å². The van der Waals surface area contributed by atoms with Crippen molar-refractivity contribution in [2.45, 2.75) is 6.92 Å². The largest absolute Gasteiger partial charge is 0.395 e. The topological polar surface area (TPSA) is 106 Å². The first-order valence-corrected chi connectivity index (χ1v) is 4.86. The molecule has 0 fully saturated rings. The quantitative estimate of drug-likeness (QED) is 0.555. The highest BCUT2D eigenvalue weighted by Crippen LogP contribution is 2.21. The fourth-order valence-corrected chi connectivity index (χ4v) is 1.35. The van der Waals surface area contributed by atoms with Crippen molar-refractivity contribution >= 4 is 17.3 Å². The third-order valence-corrected chi connectivity index (χ3v) is 2.10. The first-order chi connectivity index (χ1) is 7.58. The van der Waals surface area contributed by atoms with Crippen LogP contribution in [0.2, 0.25) is 0 Å². The second kappa shape index (κ2) is 5.26. The number of hydrogen-bond donors (Lipinski definition) is 2. The average molecular weight is 226 g/mol. The van der Waals surface area contributed by atoms with E-state index in [1.165, 1.54) is 12.1 Å². The first kappa shape index (κ1) is 12.2. The lowest BCUT2D eigenvalue weighted by molar-refractivity contribution is -0.384. The summed E-state index contributed by atoms with van der Waals surface area (Å²) in [6.07, 6.45) is 0. The van der Waals surface area contributed by atoms with Crippen LogP contribution in [0, 0.1) is 10.1 Å². The lowest BCUT2D eigenvalue weighted by Gasteiger charge is -2.20. The number of anilines is 2. The minimum atomic E-state index is -0.520. The Bertz CT molecular complexity index is 383. The highest BCUT2D eigenvalue weighted by atomic mass is 16.6. The summed E-state index contributed by atoms with van der Waals surface area (Å²) in [5.74, 6) is 0.504. The van der Waals surface area contributed by atoms with Crippen molar-refractivity contribution in [3.05, 3.63) is 22.2 Å². The summed E-state index contributed by atoms with van der Waals surface area (Å²) in [6.45, 7) is 2.78. The summed E-state index contributed by atoms with van der Waals surface area (Å²) in [6, 6.07) is 2.55. The van der Waals surface area contributed by atoms with E-state index in [2.05, 4.69) is 4.98 Å². The molecule has 0 unspecified atom stereocenters. The number of hydrogen-bond acceptors (Lipinski definition) is 6. The number of aromatic nitrogens is 1. The Hall–Kier alpha value is -1.89. The van der Waals surface area contributed by atoms with Gasteiger partial charge >= 0.3 is 0 Å². The lowest BCUT2D eigenvalue weighted by atomic mass is 10.3. The Balaban J connectivity index is 3.07. The molecule has 0 saturated carbocycles. The van der Waals surface area contributed by atoms with Gasteiger partial charge in [0.25, 0.3) is 5.69 Å². The van der Waals surface area contributed by atoms with Gasteiger partial charge in [0.15, 0.2) is 0 Å². The van der Waals surface area contributed by atoms with Gasteiger partial charge in [0.05, 0.1) is 23.7 Å². The van der Waals surface area contributed by atoms with Gasteiger partial charge in [-0.15, -0.1) is 0 Å². The maximum atomic E-state index is 10.6. The zero-order valence-corrected chi connectivity index (χ0v) is 8.96. The number of nitrogen functional groups attached to an aromatic ring is 1. The molecule has 7 nitrogen and oxygen atoms in total. The Morgan fingerprint density at radius 1 is 1.62 bits per heavy atom. The second-order valence-corrected chi connectivity index (χ2v) is 3.17. The number of nitrogens with zero attached hydrogens (tertiary/aromatic N) is 3. The van der Waals surface area contributed by atoms with Gasteiger partial charge in [0, 0.05) is 13.1 Å². The second-order valence-electron chi connectivity index (χ2n) is 3.17. The molecule has 0 aliphatic heterocycles. The van der Waals surface area contributed by atoms with E-state index < -0.39 is 4.92 Å². The van der Waals surface area contributed by atoms with Crippen LogP contribution in [-0.2, 0) is 0 Å². The molecule has 0 aliphatic rings. The van der Waals surface area contributed by atoms with E-state index in [0.29, 0.717) is 18.9 Å². The summed E-state index contributed by atoms with van der Waals surface area (Å²) < 4.78 is 0. The normalized spacial score (nSPS) is 10.1. The number of nitro groups is 1. The Morgan fingerprint density at radius 2 is 2.31 bits per heavy atom. The van der Waals surface area contributed by atoms with Crippen LogP contribution in [0.15, 0.2) is 12.1 Å². The molecule has 1 aromatic heterocycles. The Kier molecular flexibility index (Phi) is 4.01. The highest BCUT2D eigenvalue weighted by Gasteiger charge is 2.13. The van der Waals surface area contributed by atoms with Crippen LogP contribution in [0.5, 0.6) is 0 Å². The van der Waals surface area contributed by atoms with Gasteiger partial charge in [-0.1, -0.05) is 0 Å². The predicted molar refractivity (Wildman–Crippen MR) is 60.3 cm³/mol. The minimum absolute atomic E-state index is 0.0435. The van der Waals surface area contributed by atoms with Crippen molar-refractivity contribution < 1.29 is 10.0 Å². The molecule has 0 aromatic carbocycles. The Labute approximate surface area is 92.7 Å². The number of pyridine rings is 1. The van der Waals surface area contributed by atoms with Crippen LogP contribution in [0.1, 0.15) is 6.92 Å². The molecular formula is C9H14N4O3.